The number of ether oxygens (including phenoxy) is 3. The van der Waals surface area contributed by atoms with Crippen LogP contribution in [-0.2, 0) is 23.8 Å². The summed E-state index contributed by atoms with van der Waals surface area (Å²) < 4.78 is 15.3. The molecule has 0 aliphatic carbocycles. The normalized spacial score (nSPS) is 24.5. The Bertz CT molecular complexity index is 1090. The number of hydrogen-bond donors (Lipinski definition) is 6. The molecule has 0 spiro atoms. The van der Waals surface area contributed by atoms with Gasteiger partial charge >= 0.3 is 11.9 Å². The van der Waals surface area contributed by atoms with Gasteiger partial charge < -0.3 is 44.8 Å². The number of benzene rings is 2. The fourth-order valence-corrected chi connectivity index (χ4v) is 3.08. The first-order chi connectivity index (χ1) is 16.6. The van der Waals surface area contributed by atoms with E-state index in [1.54, 1.807) is 12.1 Å². The minimum atomic E-state index is -1.76. The van der Waals surface area contributed by atoms with Crippen LogP contribution < -0.4 is 0 Å². The summed E-state index contributed by atoms with van der Waals surface area (Å²) >= 11 is 0. The summed E-state index contributed by atoms with van der Waals surface area (Å²) in [5, 5.41) is 58.4. The molecule has 0 aromatic heterocycles. The van der Waals surface area contributed by atoms with Crippen molar-refractivity contribution in [2.75, 3.05) is 6.61 Å². The van der Waals surface area contributed by atoms with Gasteiger partial charge in [-0.15, -0.1) is 0 Å². The molecule has 0 bridgehead atoms. The topological polar surface area (TPSA) is 183 Å². The van der Waals surface area contributed by atoms with Gasteiger partial charge in [0.2, 0.25) is 6.29 Å². The first kappa shape index (κ1) is 25.7. The number of aliphatic hydroxyl groups is 3. The molecule has 11 heteroatoms. The predicted octanol–water partition coefficient (Wildman–Crippen LogP) is 0.424. The van der Waals surface area contributed by atoms with E-state index in [0.717, 1.165) is 12.2 Å². The van der Waals surface area contributed by atoms with E-state index in [-0.39, 0.29) is 17.2 Å². The molecule has 1 saturated heterocycles. The second kappa shape index (κ2) is 11.5. The molecule has 3 rings (SSSR count). The number of rotatable bonds is 7. The fourth-order valence-electron chi connectivity index (χ4n) is 3.08. The first-order valence-corrected chi connectivity index (χ1v) is 10.4. The van der Waals surface area contributed by atoms with Crippen molar-refractivity contribution in [3.63, 3.8) is 0 Å². The molecule has 0 saturated carbocycles. The summed E-state index contributed by atoms with van der Waals surface area (Å²) in [4.78, 5) is 24.1. The summed E-state index contributed by atoms with van der Waals surface area (Å²) in [5.41, 5.74) is 0.984. The standard InChI is InChI=1S/C24H24O11/c25-15-6-1-13(2-7-15)4-10-20(29)35-24-23(32)22(31)21(30)18(34-24)12-33-19(28)9-5-14-3-8-16(26)17(27)11-14/h1-11,18,21-27,30-32H,12H2. The summed E-state index contributed by atoms with van der Waals surface area (Å²) in [6, 6.07) is 9.85. The molecule has 2 aromatic rings. The average Bonchev–Trinajstić information content (AvgIpc) is 2.84. The Hall–Kier alpha value is -3.90. The maximum absolute atomic E-state index is 12.1. The third-order valence-electron chi connectivity index (χ3n) is 5.01. The third-order valence-corrected chi connectivity index (χ3v) is 5.01. The molecule has 1 aliphatic heterocycles. The molecule has 6 N–H and O–H groups in total. The lowest BCUT2D eigenvalue weighted by molar-refractivity contribution is -0.291. The highest BCUT2D eigenvalue weighted by molar-refractivity contribution is 5.87. The highest BCUT2D eigenvalue weighted by Gasteiger charge is 2.45. The molecule has 186 valence electrons. The van der Waals surface area contributed by atoms with Crippen LogP contribution in [-0.4, -0.2) is 79.9 Å². The number of phenols is 3. The van der Waals surface area contributed by atoms with Gasteiger partial charge in [-0.1, -0.05) is 18.2 Å². The van der Waals surface area contributed by atoms with Crippen molar-refractivity contribution in [3.05, 3.63) is 65.7 Å². The van der Waals surface area contributed by atoms with Crippen LogP contribution in [0, 0.1) is 0 Å². The largest absolute Gasteiger partial charge is 0.508 e. The minimum Gasteiger partial charge on any atom is -0.508 e. The van der Waals surface area contributed by atoms with Gasteiger partial charge in [-0.05, 0) is 47.5 Å². The Kier molecular flexibility index (Phi) is 8.44. The van der Waals surface area contributed by atoms with Gasteiger partial charge in [0.15, 0.2) is 11.5 Å². The highest BCUT2D eigenvalue weighted by atomic mass is 16.7. The zero-order valence-electron chi connectivity index (χ0n) is 18.2. The molecular formula is C24H24O11. The Morgan fingerprint density at radius 3 is 2.11 bits per heavy atom. The molecule has 2 aromatic carbocycles. The van der Waals surface area contributed by atoms with E-state index in [2.05, 4.69) is 0 Å². The Balaban J connectivity index is 1.55. The Morgan fingerprint density at radius 2 is 1.43 bits per heavy atom. The lowest BCUT2D eigenvalue weighted by Gasteiger charge is -2.39. The number of hydrogen-bond acceptors (Lipinski definition) is 11. The number of carbonyl (C=O) groups excluding carboxylic acids is 2. The van der Waals surface area contributed by atoms with E-state index < -0.39 is 49.3 Å². The minimum absolute atomic E-state index is 0.0536. The second-order valence-corrected chi connectivity index (χ2v) is 7.59. The number of aromatic hydroxyl groups is 3. The summed E-state index contributed by atoms with van der Waals surface area (Å²) in [6.45, 7) is -0.535. The molecule has 35 heavy (non-hydrogen) atoms. The Morgan fingerprint density at radius 1 is 0.800 bits per heavy atom. The van der Waals surface area contributed by atoms with E-state index in [4.69, 9.17) is 14.2 Å². The smallest absolute Gasteiger partial charge is 0.333 e. The van der Waals surface area contributed by atoms with Gasteiger partial charge in [0.05, 0.1) is 0 Å². The van der Waals surface area contributed by atoms with Crippen LogP contribution >= 0.6 is 0 Å². The maximum Gasteiger partial charge on any atom is 0.333 e. The third kappa shape index (κ3) is 7.04. The van der Waals surface area contributed by atoms with Gasteiger partial charge in [-0.2, -0.15) is 0 Å². The van der Waals surface area contributed by atoms with Crippen LogP contribution in [0.3, 0.4) is 0 Å². The lowest BCUT2D eigenvalue weighted by Crippen LogP contribution is -2.59. The molecule has 11 nitrogen and oxygen atoms in total. The number of carbonyl (C=O) groups is 2. The van der Waals surface area contributed by atoms with Crippen LogP contribution in [0.25, 0.3) is 12.2 Å². The van der Waals surface area contributed by atoms with Gasteiger partial charge in [-0.3, -0.25) is 0 Å². The highest BCUT2D eigenvalue weighted by Crippen LogP contribution is 2.26. The quantitative estimate of drug-likeness (QED) is 0.180. The van der Waals surface area contributed by atoms with E-state index in [1.165, 1.54) is 42.5 Å². The molecule has 5 unspecified atom stereocenters. The number of aliphatic hydroxyl groups excluding tert-OH is 3. The monoisotopic (exact) mass is 488 g/mol. The van der Waals surface area contributed by atoms with Gasteiger partial charge in [0.25, 0.3) is 0 Å². The van der Waals surface area contributed by atoms with Gasteiger partial charge in [0.1, 0.15) is 36.8 Å². The molecule has 0 amide bonds. The van der Waals surface area contributed by atoms with Crippen LogP contribution in [0.5, 0.6) is 17.2 Å². The summed E-state index contributed by atoms with van der Waals surface area (Å²) in [7, 11) is 0. The SMILES string of the molecule is O=C(C=Cc1ccc(O)c(O)c1)OCC1OC(OC(=O)C=Cc2ccc(O)cc2)C(O)C(O)C1O. The molecule has 1 aliphatic rings. The molecule has 0 radical (unpaired) electrons. The zero-order valence-corrected chi connectivity index (χ0v) is 18.2. The van der Waals surface area contributed by atoms with E-state index in [0.29, 0.717) is 11.1 Å². The average molecular weight is 488 g/mol. The van der Waals surface area contributed by atoms with Crippen molar-refractivity contribution in [2.24, 2.45) is 0 Å². The number of phenolic OH excluding ortho intramolecular Hbond substituents is 3. The molecule has 1 fully saturated rings. The molecule has 1 heterocycles. The molecule has 5 atom stereocenters. The van der Waals surface area contributed by atoms with Crippen LogP contribution in [0.2, 0.25) is 0 Å². The van der Waals surface area contributed by atoms with Gasteiger partial charge in [0, 0.05) is 12.2 Å². The first-order valence-electron chi connectivity index (χ1n) is 10.4. The van der Waals surface area contributed by atoms with Crippen molar-refractivity contribution in [1.82, 2.24) is 0 Å². The van der Waals surface area contributed by atoms with Crippen LogP contribution in [0.15, 0.2) is 54.6 Å². The number of esters is 2. The van der Waals surface area contributed by atoms with Crippen LogP contribution in [0.1, 0.15) is 11.1 Å². The van der Waals surface area contributed by atoms with E-state index in [1.807, 2.05) is 0 Å². The lowest BCUT2D eigenvalue weighted by atomic mass is 9.99. The summed E-state index contributed by atoms with van der Waals surface area (Å²) in [5.74, 6) is -2.40. The van der Waals surface area contributed by atoms with E-state index in [9.17, 15) is 40.2 Å². The van der Waals surface area contributed by atoms with Crippen molar-refractivity contribution >= 4 is 24.1 Å². The van der Waals surface area contributed by atoms with E-state index >= 15 is 0 Å². The van der Waals surface area contributed by atoms with Crippen LogP contribution in [0.4, 0.5) is 0 Å². The maximum atomic E-state index is 12.1. The molecular weight excluding hydrogens is 464 g/mol. The van der Waals surface area contributed by atoms with Crippen molar-refractivity contribution in [3.8, 4) is 17.2 Å². The second-order valence-electron chi connectivity index (χ2n) is 7.59. The fraction of sp³-hybridized carbons (Fsp3) is 0.250. The summed E-state index contributed by atoms with van der Waals surface area (Å²) in [6.07, 6.45) is -3.35. The van der Waals surface area contributed by atoms with Crippen molar-refractivity contribution in [2.45, 2.75) is 30.7 Å². The van der Waals surface area contributed by atoms with Crippen molar-refractivity contribution in [1.29, 1.82) is 0 Å². The predicted molar refractivity (Wildman–Crippen MR) is 120 cm³/mol. The Labute approximate surface area is 199 Å². The zero-order chi connectivity index (χ0) is 25.5. The van der Waals surface area contributed by atoms with Gasteiger partial charge in [-0.25, -0.2) is 9.59 Å². The van der Waals surface area contributed by atoms with Crippen molar-refractivity contribution < 1.29 is 54.4 Å².